The Hall–Kier alpha value is -3.41. The van der Waals surface area contributed by atoms with E-state index in [9.17, 15) is 14.4 Å². The van der Waals surface area contributed by atoms with Gasteiger partial charge in [-0.15, -0.1) is 0 Å². The first kappa shape index (κ1) is 20.9. The summed E-state index contributed by atoms with van der Waals surface area (Å²) in [5, 5.41) is 0. The van der Waals surface area contributed by atoms with Crippen LogP contribution in [-0.2, 0) is 19.1 Å². The van der Waals surface area contributed by atoms with E-state index in [1.54, 1.807) is 31.2 Å². The molecule has 2 rings (SSSR count). The van der Waals surface area contributed by atoms with Crippen molar-refractivity contribution in [2.75, 3.05) is 13.2 Å². The van der Waals surface area contributed by atoms with Crippen LogP contribution in [0.1, 0.15) is 20.3 Å². The van der Waals surface area contributed by atoms with Crippen molar-refractivity contribution in [1.82, 2.24) is 0 Å². The number of ketones is 1. The molecule has 0 spiro atoms. The Morgan fingerprint density at radius 2 is 1.32 bits per heavy atom. The molecule has 6 heteroatoms. The number of ether oxygens (including phenoxy) is 3. The van der Waals surface area contributed by atoms with Gasteiger partial charge in [0, 0.05) is 18.9 Å². The molecule has 0 saturated carbocycles. The lowest BCUT2D eigenvalue weighted by Crippen LogP contribution is -2.16. The summed E-state index contributed by atoms with van der Waals surface area (Å²) in [4.78, 5) is 33.5. The molecule has 0 aliphatic heterocycles. The van der Waals surface area contributed by atoms with Gasteiger partial charge in [0.2, 0.25) is 5.78 Å². The van der Waals surface area contributed by atoms with E-state index in [4.69, 9.17) is 14.2 Å². The maximum absolute atomic E-state index is 11.3. The molecule has 2 aromatic carbocycles. The van der Waals surface area contributed by atoms with Gasteiger partial charge in [0.05, 0.1) is 13.2 Å². The van der Waals surface area contributed by atoms with Crippen molar-refractivity contribution in [2.24, 2.45) is 0 Å². The molecule has 0 atom stereocenters. The summed E-state index contributed by atoms with van der Waals surface area (Å²) >= 11 is 0. The van der Waals surface area contributed by atoms with E-state index in [1.807, 2.05) is 24.3 Å². The maximum Gasteiger partial charge on any atom is 0.379 e. The number of carbonyl (C=O) groups is 3. The van der Waals surface area contributed by atoms with Gasteiger partial charge in [0.15, 0.2) is 0 Å². The van der Waals surface area contributed by atoms with Gasteiger partial charge in [0.25, 0.3) is 0 Å². The standard InChI is InChI=1S/C22H22O6/c1-15(2)21(24)27-14-4-13-26-19-9-5-17(6-10-19)18-7-11-20(12-8-18)28-22(25)16(3)23/h5-12H,1,4,13-14H2,2-3H3. The predicted molar refractivity (Wildman–Crippen MR) is 104 cm³/mol. The van der Waals surface area contributed by atoms with Gasteiger partial charge < -0.3 is 14.2 Å². The van der Waals surface area contributed by atoms with Crippen LogP contribution in [0.2, 0.25) is 0 Å². The van der Waals surface area contributed by atoms with Crippen LogP contribution < -0.4 is 9.47 Å². The van der Waals surface area contributed by atoms with Crippen molar-refractivity contribution < 1.29 is 28.6 Å². The third-order valence-corrected chi connectivity index (χ3v) is 3.68. The third kappa shape index (κ3) is 6.39. The Kier molecular flexibility index (Phi) is 7.51. The smallest absolute Gasteiger partial charge is 0.379 e. The van der Waals surface area contributed by atoms with E-state index in [1.165, 1.54) is 0 Å². The maximum atomic E-state index is 11.3. The minimum Gasteiger partial charge on any atom is -0.493 e. The quantitative estimate of drug-likeness (QED) is 0.216. The highest BCUT2D eigenvalue weighted by molar-refractivity contribution is 6.33. The van der Waals surface area contributed by atoms with Crippen LogP contribution in [0.3, 0.4) is 0 Å². The van der Waals surface area contributed by atoms with Crippen LogP contribution in [0.4, 0.5) is 0 Å². The fraction of sp³-hybridized carbons (Fsp3) is 0.227. The highest BCUT2D eigenvalue weighted by Gasteiger charge is 2.10. The Morgan fingerprint density at radius 3 is 1.82 bits per heavy atom. The average Bonchev–Trinajstić information content (AvgIpc) is 2.68. The molecule has 146 valence electrons. The fourth-order valence-electron chi connectivity index (χ4n) is 2.17. The highest BCUT2D eigenvalue weighted by atomic mass is 16.5. The lowest BCUT2D eigenvalue weighted by Gasteiger charge is -2.09. The zero-order valence-electron chi connectivity index (χ0n) is 15.9. The molecule has 0 fully saturated rings. The Balaban J connectivity index is 1.83. The summed E-state index contributed by atoms with van der Waals surface area (Å²) in [5.41, 5.74) is 2.27. The van der Waals surface area contributed by atoms with E-state index in [0.717, 1.165) is 18.1 Å². The number of hydrogen-bond donors (Lipinski definition) is 0. The van der Waals surface area contributed by atoms with E-state index < -0.39 is 17.7 Å². The van der Waals surface area contributed by atoms with Gasteiger partial charge in [-0.3, -0.25) is 4.79 Å². The Morgan fingerprint density at radius 1 is 0.786 bits per heavy atom. The summed E-state index contributed by atoms with van der Waals surface area (Å²) in [7, 11) is 0. The molecule has 0 heterocycles. The van der Waals surface area contributed by atoms with Gasteiger partial charge in [-0.05, 0) is 42.3 Å². The van der Waals surface area contributed by atoms with E-state index in [2.05, 4.69) is 6.58 Å². The van der Waals surface area contributed by atoms with Crippen molar-refractivity contribution >= 4 is 17.7 Å². The van der Waals surface area contributed by atoms with E-state index in [0.29, 0.717) is 30.1 Å². The molecule has 28 heavy (non-hydrogen) atoms. The first-order valence-corrected chi connectivity index (χ1v) is 8.75. The normalized spacial score (nSPS) is 10.1. The molecule has 0 amide bonds. The SMILES string of the molecule is C=C(C)C(=O)OCCCOc1ccc(-c2ccc(OC(=O)C(C)=O)cc2)cc1. The number of Topliss-reactive ketones (excluding diaryl/α,β-unsaturated/α-hetero) is 1. The minimum atomic E-state index is -0.886. The predicted octanol–water partition coefficient (Wildman–Crippen LogP) is 3.74. The molecule has 0 saturated heterocycles. The zero-order chi connectivity index (χ0) is 20.5. The van der Waals surface area contributed by atoms with Crippen molar-refractivity contribution in [3.63, 3.8) is 0 Å². The van der Waals surface area contributed by atoms with Gasteiger partial charge in [-0.2, -0.15) is 0 Å². The van der Waals surface area contributed by atoms with Crippen molar-refractivity contribution in [1.29, 1.82) is 0 Å². The Bertz CT molecular complexity index is 850. The summed E-state index contributed by atoms with van der Waals surface area (Å²) in [5.74, 6) is -0.901. The number of carbonyl (C=O) groups excluding carboxylic acids is 3. The molecule has 0 radical (unpaired) electrons. The second-order valence-corrected chi connectivity index (χ2v) is 6.11. The summed E-state index contributed by atoms with van der Waals surface area (Å²) in [6, 6.07) is 14.4. The molecule has 0 aliphatic carbocycles. The van der Waals surface area contributed by atoms with Crippen molar-refractivity contribution in [3.05, 3.63) is 60.7 Å². The first-order valence-electron chi connectivity index (χ1n) is 8.75. The van der Waals surface area contributed by atoms with Crippen LogP contribution in [0, 0.1) is 0 Å². The second-order valence-electron chi connectivity index (χ2n) is 6.11. The van der Waals surface area contributed by atoms with Gasteiger partial charge in [0.1, 0.15) is 11.5 Å². The number of esters is 2. The highest BCUT2D eigenvalue weighted by Crippen LogP contribution is 2.24. The van der Waals surface area contributed by atoms with Crippen LogP contribution in [0.25, 0.3) is 11.1 Å². The van der Waals surface area contributed by atoms with Gasteiger partial charge in [-0.1, -0.05) is 30.8 Å². The second kappa shape index (κ2) is 10.1. The molecule has 0 unspecified atom stereocenters. The van der Waals surface area contributed by atoms with E-state index >= 15 is 0 Å². The molecule has 0 aliphatic rings. The lowest BCUT2D eigenvalue weighted by atomic mass is 10.1. The average molecular weight is 382 g/mol. The van der Waals surface area contributed by atoms with Crippen LogP contribution in [0.5, 0.6) is 11.5 Å². The first-order chi connectivity index (χ1) is 13.4. The molecule has 0 bridgehead atoms. The van der Waals surface area contributed by atoms with Crippen molar-refractivity contribution in [3.8, 4) is 22.6 Å². The zero-order valence-corrected chi connectivity index (χ0v) is 15.9. The molecule has 6 nitrogen and oxygen atoms in total. The van der Waals surface area contributed by atoms with Crippen molar-refractivity contribution in [2.45, 2.75) is 20.3 Å². The van der Waals surface area contributed by atoms with Gasteiger partial charge in [-0.25, -0.2) is 9.59 Å². The Labute approximate surface area is 163 Å². The largest absolute Gasteiger partial charge is 0.493 e. The molecular formula is C22H22O6. The summed E-state index contributed by atoms with van der Waals surface area (Å²) < 4.78 is 15.6. The lowest BCUT2D eigenvalue weighted by molar-refractivity contribution is -0.146. The molecular weight excluding hydrogens is 360 g/mol. The molecule has 2 aromatic rings. The van der Waals surface area contributed by atoms with Crippen LogP contribution in [-0.4, -0.2) is 30.9 Å². The fourth-order valence-corrected chi connectivity index (χ4v) is 2.17. The summed E-state index contributed by atoms with van der Waals surface area (Å²) in [6.45, 7) is 6.99. The van der Waals surface area contributed by atoms with Crippen LogP contribution in [0.15, 0.2) is 60.7 Å². The van der Waals surface area contributed by atoms with Crippen LogP contribution >= 0.6 is 0 Å². The number of benzene rings is 2. The summed E-state index contributed by atoms with van der Waals surface area (Å²) in [6.07, 6.45) is 0.585. The monoisotopic (exact) mass is 382 g/mol. The van der Waals surface area contributed by atoms with E-state index in [-0.39, 0.29) is 6.61 Å². The molecule has 0 N–H and O–H groups in total. The topological polar surface area (TPSA) is 78.9 Å². The van der Waals surface area contributed by atoms with Gasteiger partial charge >= 0.3 is 11.9 Å². The number of rotatable bonds is 9. The molecule has 0 aromatic heterocycles. The number of hydrogen-bond acceptors (Lipinski definition) is 6. The minimum absolute atomic E-state index is 0.282. The third-order valence-electron chi connectivity index (χ3n) is 3.68.